The predicted octanol–water partition coefficient (Wildman–Crippen LogP) is -1.65. The molecule has 0 fully saturated rings. The lowest BCUT2D eigenvalue weighted by molar-refractivity contribution is -0.897. The quantitative estimate of drug-likeness (QED) is 0.680. The Hall–Kier alpha value is -1.89. The molecule has 19 heavy (non-hydrogen) atoms. The lowest BCUT2D eigenvalue weighted by Crippen LogP contribution is -3.11. The van der Waals surface area contributed by atoms with Crippen LogP contribution in [0.2, 0.25) is 0 Å². The van der Waals surface area contributed by atoms with E-state index in [0.717, 1.165) is 24.2 Å². The fourth-order valence-corrected chi connectivity index (χ4v) is 2.25. The Morgan fingerprint density at radius 1 is 1.32 bits per heavy atom. The molecule has 2 rings (SSSR count). The van der Waals surface area contributed by atoms with Gasteiger partial charge in [-0.15, -0.1) is 0 Å². The van der Waals surface area contributed by atoms with E-state index in [2.05, 4.69) is 23.8 Å². The van der Waals surface area contributed by atoms with E-state index < -0.39 is 0 Å². The standard InChI is InChI=1S/C12H19N5O2/c1-4-16(5-2)6-7-17-10-9(13-8-14-10)11(18)15(3)12(17)19/h8H,4-7H2,1-3H3,(H,13,14)/p+1. The SMILES string of the molecule is CC[NH+](CC)CCn1c(=O)n(C)c(=O)c2[nH]cnc21. The number of nitrogens with one attached hydrogen (secondary N) is 2. The van der Waals surface area contributed by atoms with Crippen LogP contribution in [0.25, 0.3) is 11.2 Å². The molecule has 0 unspecified atom stereocenters. The second-order valence-corrected chi connectivity index (χ2v) is 4.61. The molecular weight excluding hydrogens is 246 g/mol. The van der Waals surface area contributed by atoms with Crippen molar-refractivity contribution in [2.24, 2.45) is 7.05 Å². The third-order valence-electron chi connectivity index (χ3n) is 3.60. The number of imidazole rings is 1. The van der Waals surface area contributed by atoms with Crippen LogP contribution >= 0.6 is 0 Å². The van der Waals surface area contributed by atoms with Gasteiger partial charge < -0.3 is 9.88 Å². The molecule has 7 nitrogen and oxygen atoms in total. The van der Waals surface area contributed by atoms with Gasteiger partial charge in [-0.25, -0.2) is 9.78 Å². The molecular formula is C12H20N5O2+. The number of quaternary nitrogens is 1. The molecule has 7 heteroatoms. The van der Waals surface area contributed by atoms with Crippen molar-refractivity contribution in [1.82, 2.24) is 19.1 Å². The van der Waals surface area contributed by atoms with Gasteiger partial charge >= 0.3 is 5.69 Å². The molecule has 2 aromatic rings. The Morgan fingerprint density at radius 3 is 2.63 bits per heavy atom. The monoisotopic (exact) mass is 266 g/mol. The minimum absolute atomic E-state index is 0.309. The van der Waals surface area contributed by atoms with Gasteiger partial charge in [-0.2, -0.15) is 0 Å². The van der Waals surface area contributed by atoms with E-state index in [1.54, 1.807) is 4.57 Å². The normalized spacial score (nSPS) is 11.6. The third-order valence-corrected chi connectivity index (χ3v) is 3.60. The van der Waals surface area contributed by atoms with E-state index in [1.807, 2.05) is 0 Å². The number of hydrogen-bond donors (Lipinski definition) is 2. The maximum Gasteiger partial charge on any atom is 0.332 e. The molecule has 0 aliphatic carbocycles. The summed E-state index contributed by atoms with van der Waals surface area (Å²) < 4.78 is 2.69. The van der Waals surface area contributed by atoms with Gasteiger partial charge in [0.2, 0.25) is 0 Å². The molecule has 0 bridgehead atoms. The molecule has 0 radical (unpaired) electrons. The molecule has 104 valence electrons. The van der Waals surface area contributed by atoms with Crippen LogP contribution in [-0.4, -0.2) is 38.7 Å². The van der Waals surface area contributed by atoms with E-state index in [9.17, 15) is 9.59 Å². The van der Waals surface area contributed by atoms with Crippen molar-refractivity contribution in [1.29, 1.82) is 0 Å². The fraction of sp³-hybridized carbons (Fsp3) is 0.583. The van der Waals surface area contributed by atoms with E-state index in [4.69, 9.17) is 0 Å². The number of rotatable bonds is 5. The summed E-state index contributed by atoms with van der Waals surface area (Å²) in [5.41, 5.74) is 0.191. The predicted molar refractivity (Wildman–Crippen MR) is 72.5 cm³/mol. The number of H-pyrrole nitrogens is 1. The lowest BCUT2D eigenvalue weighted by atomic mass is 10.4. The summed E-state index contributed by atoms with van der Waals surface area (Å²) in [5, 5.41) is 0. The van der Waals surface area contributed by atoms with Crippen LogP contribution in [0, 0.1) is 0 Å². The Morgan fingerprint density at radius 2 is 2.00 bits per heavy atom. The van der Waals surface area contributed by atoms with Gasteiger partial charge in [-0.05, 0) is 13.8 Å². The minimum Gasteiger partial charge on any atom is -0.339 e. The van der Waals surface area contributed by atoms with Gasteiger partial charge in [0.15, 0.2) is 5.65 Å². The van der Waals surface area contributed by atoms with Gasteiger partial charge in [0.05, 0.1) is 32.5 Å². The van der Waals surface area contributed by atoms with Crippen molar-refractivity contribution >= 4 is 11.2 Å². The average molecular weight is 266 g/mol. The third kappa shape index (κ3) is 2.33. The molecule has 0 aromatic carbocycles. The van der Waals surface area contributed by atoms with E-state index in [1.165, 1.54) is 18.3 Å². The second-order valence-electron chi connectivity index (χ2n) is 4.61. The molecule has 0 atom stereocenters. The van der Waals surface area contributed by atoms with Crippen LogP contribution in [0.15, 0.2) is 15.9 Å². The molecule has 0 aliphatic rings. The summed E-state index contributed by atoms with van der Waals surface area (Å²) in [6.07, 6.45) is 1.45. The van der Waals surface area contributed by atoms with Gasteiger partial charge in [0, 0.05) is 7.05 Å². The minimum atomic E-state index is -0.330. The maximum absolute atomic E-state index is 12.2. The smallest absolute Gasteiger partial charge is 0.332 e. The molecule has 0 spiro atoms. The topological polar surface area (TPSA) is 77.1 Å². The Balaban J connectivity index is 2.45. The highest BCUT2D eigenvalue weighted by atomic mass is 16.2. The van der Waals surface area contributed by atoms with Crippen molar-refractivity contribution in [3.8, 4) is 0 Å². The maximum atomic E-state index is 12.2. The Labute approximate surface area is 110 Å². The first-order valence-electron chi connectivity index (χ1n) is 6.56. The van der Waals surface area contributed by atoms with E-state index in [0.29, 0.717) is 17.7 Å². The van der Waals surface area contributed by atoms with Crippen LogP contribution in [0.3, 0.4) is 0 Å². The van der Waals surface area contributed by atoms with Crippen LogP contribution < -0.4 is 16.1 Å². The van der Waals surface area contributed by atoms with E-state index in [-0.39, 0.29) is 11.2 Å². The summed E-state index contributed by atoms with van der Waals surface area (Å²) in [6, 6.07) is 0. The molecule has 0 saturated carbocycles. The zero-order valence-electron chi connectivity index (χ0n) is 11.6. The first-order valence-corrected chi connectivity index (χ1v) is 6.56. The lowest BCUT2D eigenvalue weighted by Gasteiger charge is -2.16. The number of hydrogen-bond acceptors (Lipinski definition) is 3. The van der Waals surface area contributed by atoms with Crippen molar-refractivity contribution in [2.75, 3.05) is 19.6 Å². The Kier molecular flexibility index (Phi) is 3.84. The van der Waals surface area contributed by atoms with Crippen LogP contribution in [-0.2, 0) is 13.6 Å². The summed E-state index contributed by atoms with van der Waals surface area (Å²) in [6.45, 7) is 7.67. The van der Waals surface area contributed by atoms with Crippen LogP contribution in [0.5, 0.6) is 0 Å². The van der Waals surface area contributed by atoms with Gasteiger partial charge in [0.1, 0.15) is 5.52 Å². The molecule has 0 saturated heterocycles. The largest absolute Gasteiger partial charge is 0.339 e. The first-order chi connectivity index (χ1) is 9.10. The summed E-state index contributed by atoms with van der Waals surface area (Å²) in [4.78, 5) is 32.3. The average Bonchev–Trinajstić information content (AvgIpc) is 2.90. The zero-order valence-corrected chi connectivity index (χ0v) is 11.6. The molecule has 2 aromatic heterocycles. The summed E-state index contributed by atoms with van der Waals surface area (Å²) in [7, 11) is 1.49. The van der Waals surface area contributed by atoms with Crippen LogP contribution in [0.4, 0.5) is 0 Å². The number of likely N-dealkylation sites (N-methyl/N-ethyl adjacent to an activating group) is 1. The molecule has 0 aliphatic heterocycles. The molecule has 2 heterocycles. The number of nitrogens with zero attached hydrogens (tertiary/aromatic N) is 3. The van der Waals surface area contributed by atoms with Crippen molar-refractivity contribution in [3.05, 3.63) is 27.2 Å². The highest BCUT2D eigenvalue weighted by Gasteiger charge is 2.14. The fourth-order valence-electron chi connectivity index (χ4n) is 2.25. The number of aromatic amines is 1. The van der Waals surface area contributed by atoms with Crippen molar-refractivity contribution < 1.29 is 4.90 Å². The van der Waals surface area contributed by atoms with E-state index >= 15 is 0 Å². The van der Waals surface area contributed by atoms with Gasteiger partial charge in [0.25, 0.3) is 5.56 Å². The molecule has 2 N–H and O–H groups in total. The van der Waals surface area contributed by atoms with Crippen molar-refractivity contribution in [2.45, 2.75) is 20.4 Å². The highest BCUT2D eigenvalue weighted by Crippen LogP contribution is 1.99. The number of aromatic nitrogens is 4. The number of fused-ring (bicyclic) bond motifs is 1. The summed E-state index contributed by atoms with van der Waals surface area (Å²) >= 11 is 0. The zero-order chi connectivity index (χ0) is 14.0. The van der Waals surface area contributed by atoms with Crippen LogP contribution in [0.1, 0.15) is 13.8 Å². The summed E-state index contributed by atoms with van der Waals surface area (Å²) in [5.74, 6) is 0. The first kappa shape index (κ1) is 13.5. The highest BCUT2D eigenvalue weighted by molar-refractivity contribution is 5.68. The van der Waals surface area contributed by atoms with Crippen molar-refractivity contribution in [3.63, 3.8) is 0 Å². The van der Waals surface area contributed by atoms with Gasteiger partial charge in [-0.1, -0.05) is 0 Å². The Bertz CT molecular complexity index is 677. The second kappa shape index (κ2) is 5.40. The molecule has 0 amide bonds. The van der Waals surface area contributed by atoms with Gasteiger partial charge in [-0.3, -0.25) is 13.9 Å².